The number of hydrogen-bond acceptors (Lipinski definition) is 4. The number of alkyl halides is 1. The number of thiophene rings is 1. The minimum Gasteiger partial charge on any atom is -0.270 e. The summed E-state index contributed by atoms with van der Waals surface area (Å²) in [5.41, 5.74) is 0. The second kappa shape index (κ2) is 6.08. The maximum absolute atomic E-state index is 12.8. The number of sulfonamides is 1. The summed E-state index contributed by atoms with van der Waals surface area (Å²) in [4.78, 5) is 1.30. The lowest BCUT2D eigenvalue weighted by Crippen LogP contribution is -2.32. The summed E-state index contributed by atoms with van der Waals surface area (Å²) in [7, 11) is -3.50. The van der Waals surface area contributed by atoms with Crippen molar-refractivity contribution in [1.29, 1.82) is 0 Å². The van der Waals surface area contributed by atoms with E-state index in [1.807, 2.05) is 17.5 Å². The Kier molecular flexibility index (Phi) is 4.35. The van der Waals surface area contributed by atoms with E-state index >= 15 is 0 Å². The van der Waals surface area contributed by atoms with Crippen molar-refractivity contribution >= 4 is 33.0 Å². The van der Waals surface area contributed by atoms with Gasteiger partial charge in [-0.1, -0.05) is 6.07 Å². The van der Waals surface area contributed by atoms with Crippen LogP contribution < -0.4 is 0 Å². The van der Waals surface area contributed by atoms with E-state index in [4.69, 9.17) is 11.6 Å². The highest BCUT2D eigenvalue weighted by molar-refractivity contribution is 7.89. The Labute approximate surface area is 133 Å². The second-order valence-corrected chi connectivity index (χ2v) is 8.29. The molecular formula is C13H16ClN3O2S2. The van der Waals surface area contributed by atoms with Crippen molar-refractivity contribution in [3.8, 4) is 0 Å². The van der Waals surface area contributed by atoms with Crippen LogP contribution in [0.25, 0.3) is 0 Å². The van der Waals surface area contributed by atoms with Gasteiger partial charge >= 0.3 is 0 Å². The fraction of sp³-hybridized carbons (Fsp3) is 0.462. The molecule has 0 bridgehead atoms. The summed E-state index contributed by atoms with van der Waals surface area (Å²) in [6.07, 6.45) is 4.83. The van der Waals surface area contributed by atoms with Gasteiger partial charge in [-0.05, 0) is 24.3 Å². The van der Waals surface area contributed by atoms with Crippen LogP contribution in [0.3, 0.4) is 0 Å². The molecule has 0 N–H and O–H groups in total. The van der Waals surface area contributed by atoms with E-state index in [0.29, 0.717) is 19.0 Å². The molecule has 2 aromatic rings. The fourth-order valence-electron chi connectivity index (χ4n) is 2.15. The van der Waals surface area contributed by atoms with Crippen molar-refractivity contribution < 1.29 is 8.42 Å². The Bertz CT molecular complexity index is 693. The summed E-state index contributed by atoms with van der Waals surface area (Å²) in [5.74, 6) is 0.405. The first kappa shape index (κ1) is 15.0. The molecule has 21 heavy (non-hydrogen) atoms. The van der Waals surface area contributed by atoms with Crippen LogP contribution in [0.1, 0.15) is 17.7 Å². The lowest BCUT2D eigenvalue weighted by atomic mass is 10.4. The summed E-state index contributed by atoms with van der Waals surface area (Å²) in [5, 5.41) is 6.02. The quantitative estimate of drug-likeness (QED) is 0.725. The van der Waals surface area contributed by atoms with Crippen molar-refractivity contribution in [2.45, 2.75) is 36.9 Å². The standard InChI is InChI=1S/C13H16ClN3O2S2/c14-5-6-16-10-13(8-15-16)21(18,19)17(11-3-4-11)9-12-2-1-7-20-12/h1-2,7-8,10-11H,3-6,9H2. The summed E-state index contributed by atoms with van der Waals surface area (Å²) in [6.45, 7) is 0.941. The van der Waals surface area contributed by atoms with Crippen LogP contribution >= 0.6 is 22.9 Å². The lowest BCUT2D eigenvalue weighted by molar-refractivity contribution is 0.401. The molecule has 1 saturated carbocycles. The lowest BCUT2D eigenvalue weighted by Gasteiger charge is -2.20. The largest absolute Gasteiger partial charge is 0.270 e. The van der Waals surface area contributed by atoms with Crippen molar-refractivity contribution in [2.24, 2.45) is 0 Å². The molecule has 2 aromatic heterocycles. The first-order valence-electron chi connectivity index (χ1n) is 6.74. The molecule has 1 aliphatic carbocycles. The maximum Gasteiger partial charge on any atom is 0.246 e. The van der Waals surface area contributed by atoms with Crippen LogP contribution in [0.2, 0.25) is 0 Å². The number of nitrogens with zero attached hydrogens (tertiary/aromatic N) is 3. The van der Waals surface area contributed by atoms with E-state index in [0.717, 1.165) is 17.7 Å². The zero-order chi connectivity index (χ0) is 14.9. The zero-order valence-electron chi connectivity index (χ0n) is 11.4. The van der Waals surface area contributed by atoms with Gasteiger partial charge in [0.25, 0.3) is 0 Å². The van der Waals surface area contributed by atoms with Gasteiger partial charge in [0.05, 0.1) is 12.7 Å². The molecule has 5 nitrogen and oxygen atoms in total. The van der Waals surface area contributed by atoms with E-state index in [-0.39, 0.29) is 10.9 Å². The highest BCUT2D eigenvalue weighted by Gasteiger charge is 2.38. The molecule has 3 rings (SSSR count). The van der Waals surface area contributed by atoms with E-state index in [1.54, 1.807) is 26.5 Å². The summed E-state index contributed by atoms with van der Waals surface area (Å²) >= 11 is 7.23. The Morgan fingerprint density at radius 3 is 2.90 bits per heavy atom. The van der Waals surface area contributed by atoms with E-state index < -0.39 is 10.0 Å². The molecule has 114 valence electrons. The van der Waals surface area contributed by atoms with E-state index in [9.17, 15) is 8.42 Å². The smallest absolute Gasteiger partial charge is 0.246 e. The highest BCUT2D eigenvalue weighted by Crippen LogP contribution is 2.34. The number of hydrogen-bond donors (Lipinski definition) is 0. The topological polar surface area (TPSA) is 55.2 Å². The molecule has 0 unspecified atom stereocenters. The Morgan fingerprint density at radius 2 is 2.29 bits per heavy atom. The third-order valence-corrected chi connectivity index (χ3v) is 6.26. The maximum atomic E-state index is 12.8. The number of halogens is 1. The van der Waals surface area contributed by atoms with Gasteiger partial charge in [-0.25, -0.2) is 8.42 Å². The first-order chi connectivity index (χ1) is 10.1. The molecule has 0 spiro atoms. The van der Waals surface area contributed by atoms with Crippen LogP contribution in [-0.2, 0) is 23.1 Å². The van der Waals surface area contributed by atoms with Gasteiger partial charge in [0.2, 0.25) is 10.0 Å². The predicted molar refractivity (Wildman–Crippen MR) is 83.0 cm³/mol. The van der Waals surface area contributed by atoms with Gasteiger partial charge < -0.3 is 0 Å². The average Bonchev–Trinajstić information content (AvgIpc) is 2.96. The Morgan fingerprint density at radius 1 is 1.48 bits per heavy atom. The molecule has 0 amide bonds. The SMILES string of the molecule is O=S(=O)(c1cnn(CCCl)c1)N(Cc1cccs1)C1CC1. The van der Waals surface area contributed by atoms with Gasteiger partial charge in [0, 0.05) is 29.5 Å². The molecule has 0 aromatic carbocycles. The van der Waals surface area contributed by atoms with Crippen molar-refractivity contribution in [3.63, 3.8) is 0 Å². The van der Waals surface area contributed by atoms with Gasteiger partial charge in [0.1, 0.15) is 4.90 Å². The van der Waals surface area contributed by atoms with Gasteiger partial charge in [-0.3, -0.25) is 4.68 Å². The van der Waals surface area contributed by atoms with Crippen LogP contribution in [0.5, 0.6) is 0 Å². The fourth-order valence-corrected chi connectivity index (χ4v) is 4.73. The minimum atomic E-state index is -3.50. The average molecular weight is 346 g/mol. The molecule has 0 radical (unpaired) electrons. The molecule has 2 heterocycles. The Balaban J connectivity index is 1.85. The predicted octanol–water partition coefficient (Wildman–Crippen LogP) is 2.54. The molecule has 1 aliphatic rings. The molecular weight excluding hydrogens is 330 g/mol. The zero-order valence-corrected chi connectivity index (χ0v) is 13.7. The van der Waals surface area contributed by atoms with E-state index in [2.05, 4.69) is 5.10 Å². The van der Waals surface area contributed by atoms with Gasteiger partial charge in [-0.2, -0.15) is 9.40 Å². The first-order valence-corrected chi connectivity index (χ1v) is 9.59. The molecule has 0 atom stereocenters. The number of aromatic nitrogens is 2. The third-order valence-electron chi connectivity index (χ3n) is 3.38. The van der Waals surface area contributed by atoms with Crippen LogP contribution in [0.15, 0.2) is 34.8 Å². The second-order valence-electron chi connectivity index (χ2n) is 4.99. The number of aryl methyl sites for hydroxylation is 1. The van der Waals surface area contributed by atoms with E-state index in [1.165, 1.54) is 6.20 Å². The molecule has 1 fully saturated rings. The normalized spacial score (nSPS) is 15.7. The minimum absolute atomic E-state index is 0.119. The molecule has 0 saturated heterocycles. The van der Waals surface area contributed by atoms with Crippen LogP contribution in [-0.4, -0.2) is 34.4 Å². The molecule has 8 heteroatoms. The van der Waals surface area contributed by atoms with Crippen molar-refractivity contribution in [2.75, 3.05) is 5.88 Å². The van der Waals surface area contributed by atoms with Gasteiger partial charge in [-0.15, -0.1) is 22.9 Å². The van der Waals surface area contributed by atoms with Crippen molar-refractivity contribution in [3.05, 3.63) is 34.8 Å². The number of rotatable bonds is 7. The highest BCUT2D eigenvalue weighted by atomic mass is 35.5. The van der Waals surface area contributed by atoms with Crippen LogP contribution in [0.4, 0.5) is 0 Å². The summed E-state index contributed by atoms with van der Waals surface area (Å²) in [6, 6.07) is 4.02. The monoisotopic (exact) mass is 345 g/mol. The summed E-state index contributed by atoms with van der Waals surface area (Å²) < 4.78 is 28.8. The molecule has 0 aliphatic heterocycles. The van der Waals surface area contributed by atoms with Crippen LogP contribution in [0, 0.1) is 0 Å². The van der Waals surface area contributed by atoms with Crippen molar-refractivity contribution in [1.82, 2.24) is 14.1 Å². The third kappa shape index (κ3) is 3.31. The van der Waals surface area contributed by atoms with Gasteiger partial charge in [0.15, 0.2) is 0 Å². The Hall–Kier alpha value is -0.890.